The van der Waals surface area contributed by atoms with Gasteiger partial charge in [0.2, 0.25) is 5.91 Å². The molecule has 13 heavy (non-hydrogen) atoms. The van der Waals surface area contributed by atoms with E-state index in [0.717, 1.165) is 12.1 Å². The van der Waals surface area contributed by atoms with Crippen LogP contribution in [0.25, 0.3) is 0 Å². The van der Waals surface area contributed by atoms with Gasteiger partial charge in [-0.05, 0) is 11.5 Å². The van der Waals surface area contributed by atoms with Crippen LogP contribution in [0.2, 0.25) is 0 Å². The fourth-order valence-electron chi connectivity index (χ4n) is 1.89. The molecule has 0 saturated carbocycles. The molecule has 1 aromatic rings. The lowest BCUT2D eigenvalue weighted by Gasteiger charge is -2.11. The number of nitrogens with one attached hydrogen (secondary N) is 1. The first-order valence-corrected chi connectivity index (χ1v) is 4.61. The molecule has 1 fully saturated rings. The van der Waals surface area contributed by atoms with Gasteiger partial charge < -0.3 is 5.32 Å². The molecular weight excluding hydrogens is 162 g/mol. The summed E-state index contributed by atoms with van der Waals surface area (Å²) in [5, 5.41) is 2.88. The minimum atomic E-state index is 0.0567. The second-order valence-corrected chi connectivity index (χ2v) is 3.61. The van der Waals surface area contributed by atoms with Crippen molar-refractivity contribution in [1.29, 1.82) is 0 Å². The molecule has 2 nitrogen and oxygen atoms in total. The summed E-state index contributed by atoms with van der Waals surface area (Å²) in [6, 6.07) is 9.97. The summed E-state index contributed by atoms with van der Waals surface area (Å²) < 4.78 is 0. The van der Waals surface area contributed by atoms with E-state index in [1.807, 2.05) is 30.3 Å². The first-order chi connectivity index (χ1) is 6.29. The highest BCUT2D eigenvalue weighted by atomic mass is 16.2. The SMILES string of the molecule is C[C@H]1CNC(=O)[C@@H]1c1ccccc1. The number of rotatable bonds is 1. The zero-order chi connectivity index (χ0) is 9.26. The molecule has 0 bridgehead atoms. The van der Waals surface area contributed by atoms with Gasteiger partial charge >= 0.3 is 0 Å². The van der Waals surface area contributed by atoms with Crippen molar-refractivity contribution in [1.82, 2.24) is 5.32 Å². The Labute approximate surface area is 78.0 Å². The van der Waals surface area contributed by atoms with E-state index >= 15 is 0 Å². The van der Waals surface area contributed by atoms with Crippen molar-refractivity contribution in [3.8, 4) is 0 Å². The number of hydrogen-bond donors (Lipinski definition) is 1. The van der Waals surface area contributed by atoms with Crippen molar-refractivity contribution in [3.05, 3.63) is 35.9 Å². The molecule has 2 atom stereocenters. The smallest absolute Gasteiger partial charge is 0.227 e. The summed E-state index contributed by atoms with van der Waals surface area (Å²) in [6.45, 7) is 2.91. The quantitative estimate of drug-likeness (QED) is 0.689. The summed E-state index contributed by atoms with van der Waals surface area (Å²) in [7, 11) is 0. The topological polar surface area (TPSA) is 29.1 Å². The minimum Gasteiger partial charge on any atom is -0.355 e. The van der Waals surface area contributed by atoms with E-state index in [-0.39, 0.29) is 11.8 Å². The van der Waals surface area contributed by atoms with E-state index in [2.05, 4.69) is 12.2 Å². The number of amides is 1. The van der Waals surface area contributed by atoms with E-state index in [1.54, 1.807) is 0 Å². The van der Waals surface area contributed by atoms with Gasteiger partial charge in [0.25, 0.3) is 0 Å². The van der Waals surface area contributed by atoms with Crippen LogP contribution in [-0.2, 0) is 4.79 Å². The standard InChI is InChI=1S/C11H13NO/c1-8-7-12-11(13)10(8)9-5-3-2-4-6-9/h2-6,8,10H,7H2,1H3,(H,12,13)/t8-,10-/m0/s1. The normalized spacial score (nSPS) is 27.3. The fourth-order valence-corrected chi connectivity index (χ4v) is 1.89. The Morgan fingerprint density at radius 1 is 1.31 bits per heavy atom. The van der Waals surface area contributed by atoms with Crippen LogP contribution in [0, 0.1) is 5.92 Å². The van der Waals surface area contributed by atoms with Crippen molar-refractivity contribution in [2.75, 3.05) is 6.54 Å². The molecule has 1 aliphatic rings. The largest absolute Gasteiger partial charge is 0.355 e. The van der Waals surface area contributed by atoms with Gasteiger partial charge in [-0.25, -0.2) is 0 Å². The second kappa shape index (κ2) is 3.21. The van der Waals surface area contributed by atoms with E-state index in [0.29, 0.717) is 5.92 Å². The Bertz CT molecular complexity index is 307. The second-order valence-electron chi connectivity index (χ2n) is 3.61. The first-order valence-electron chi connectivity index (χ1n) is 4.61. The molecular formula is C11H13NO. The maximum absolute atomic E-state index is 11.5. The lowest BCUT2D eigenvalue weighted by Crippen LogP contribution is -2.17. The highest BCUT2D eigenvalue weighted by Gasteiger charge is 2.32. The van der Waals surface area contributed by atoms with Crippen LogP contribution in [0.1, 0.15) is 18.4 Å². The van der Waals surface area contributed by atoms with Crippen LogP contribution in [0.5, 0.6) is 0 Å². The van der Waals surface area contributed by atoms with Gasteiger partial charge in [0.1, 0.15) is 0 Å². The Kier molecular flexibility index (Phi) is 2.05. The number of carbonyl (C=O) groups excluding carboxylic acids is 1. The van der Waals surface area contributed by atoms with Gasteiger partial charge in [-0.3, -0.25) is 4.79 Å². The van der Waals surface area contributed by atoms with Crippen molar-refractivity contribution in [2.24, 2.45) is 5.92 Å². The van der Waals surface area contributed by atoms with Gasteiger partial charge in [-0.2, -0.15) is 0 Å². The summed E-state index contributed by atoms with van der Waals surface area (Å²) in [6.07, 6.45) is 0. The lowest BCUT2D eigenvalue weighted by atomic mass is 9.90. The first kappa shape index (κ1) is 8.30. The van der Waals surface area contributed by atoms with Gasteiger partial charge in [0.05, 0.1) is 5.92 Å². The number of carbonyl (C=O) groups is 1. The van der Waals surface area contributed by atoms with Gasteiger partial charge in [-0.1, -0.05) is 37.3 Å². The maximum atomic E-state index is 11.5. The maximum Gasteiger partial charge on any atom is 0.227 e. The summed E-state index contributed by atoms with van der Waals surface area (Å²) in [4.78, 5) is 11.5. The molecule has 68 valence electrons. The number of hydrogen-bond acceptors (Lipinski definition) is 1. The monoisotopic (exact) mass is 175 g/mol. The average molecular weight is 175 g/mol. The van der Waals surface area contributed by atoms with E-state index in [9.17, 15) is 4.79 Å². The van der Waals surface area contributed by atoms with Gasteiger partial charge in [0.15, 0.2) is 0 Å². The molecule has 0 aliphatic carbocycles. The van der Waals surface area contributed by atoms with Crippen LogP contribution in [0.4, 0.5) is 0 Å². The predicted molar refractivity (Wildman–Crippen MR) is 51.4 cm³/mol. The third kappa shape index (κ3) is 1.44. The van der Waals surface area contributed by atoms with Crippen LogP contribution in [0.15, 0.2) is 30.3 Å². The Hall–Kier alpha value is -1.31. The van der Waals surface area contributed by atoms with Gasteiger partial charge in [-0.15, -0.1) is 0 Å². The molecule has 2 rings (SSSR count). The third-order valence-corrected chi connectivity index (χ3v) is 2.61. The molecule has 0 spiro atoms. The summed E-state index contributed by atoms with van der Waals surface area (Å²) >= 11 is 0. The molecule has 0 radical (unpaired) electrons. The van der Waals surface area contributed by atoms with Crippen molar-refractivity contribution >= 4 is 5.91 Å². The summed E-state index contributed by atoms with van der Waals surface area (Å²) in [5.41, 5.74) is 1.13. The number of benzene rings is 1. The Balaban J connectivity index is 2.30. The van der Waals surface area contributed by atoms with E-state index in [4.69, 9.17) is 0 Å². The summed E-state index contributed by atoms with van der Waals surface area (Å²) in [5.74, 6) is 0.634. The van der Waals surface area contributed by atoms with Gasteiger partial charge in [0, 0.05) is 6.54 Å². The van der Waals surface area contributed by atoms with Crippen LogP contribution in [0.3, 0.4) is 0 Å². The molecule has 1 heterocycles. The average Bonchev–Trinajstić information content (AvgIpc) is 2.48. The molecule has 0 aromatic heterocycles. The fraction of sp³-hybridized carbons (Fsp3) is 0.364. The molecule has 1 aromatic carbocycles. The van der Waals surface area contributed by atoms with Crippen LogP contribution in [-0.4, -0.2) is 12.5 Å². The molecule has 1 amide bonds. The lowest BCUT2D eigenvalue weighted by molar-refractivity contribution is -0.120. The minimum absolute atomic E-state index is 0.0567. The van der Waals surface area contributed by atoms with E-state index in [1.165, 1.54) is 0 Å². The van der Waals surface area contributed by atoms with Crippen molar-refractivity contribution < 1.29 is 4.79 Å². The molecule has 0 unspecified atom stereocenters. The zero-order valence-electron chi connectivity index (χ0n) is 7.66. The zero-order valence-corrected chi connectivity index (χ0v) is 7.66. The highest BCUT2D eigenvalue weighted by molar-refractivity contribution is 5.86. The van der Waals surface area contributed by atoms with Crippen LogP contribution >= 0.6 is 0 Å². The van der Waals surface area contributed by atoms with E-state index < -0.39 is 0 Å². The molecule has 1 saturated heterocycles. The Morgan fingerprint density at radius 3 is 2.54 bits per heavy atom. The van der Waals surface area contributed by atoms with Crippen molar-refractivity contribution in [2.45, 2.75) is 12.8 Å². The van der Waals surface area contributed by atoms with Crippen LogP contribution < -0.4 is 5.32 Å². The molecule has 1 aliphatic heterocycles. The highest BCUT2D eigenvalue weighted by Crippen LogP contribution is 2.28. The van der Waals surface area contributed by atoms with Crippen molar-refractivity contribution in [3.63, 3.8) is 0 Å². The Morgan fingerprint density at radius 2 is 2.00 bits per heavy atom. The molecule has 2 heteroatoms. The molecule has 1 N–H and O–H groups in total. The predicted octanol–water partition coefficient (Wildman–Crippen LogP) is 1.54. The third-order valence-electron chi connectivity index (χ3n) is 2.61.